The first-order valence-corrected chi connectivity index (χ1v) is 3.20. The van der Waals surface area contributed by atoms with Gasteiger partial charge in [0.15, 0.2) is 0 Å². The summed E-state index contributed by atoms with van der Waals surface area (Å²) in [6.45, 7) is 1.99. The lowest BCUT2D eigenvalue weighted by atomic mass is 10.3. The molecule has 0 fully saturated rings. The summed E-state index contributed by atoms with van der Waals surface area (Å²) in [6.07, 6.45) is 9.13. The number of hydrogen-bond donors (Lipinski definition) is 2. The molecule has 0 atom stereocenters. The van der Waals surface area contributed by atoms with E-state index < -0.39 is 0 Å². The zero-order chi connectivity index (χ0) is 7.82. The second-order valence-corrected chi connectivity index (χ2v) is 1.92. The fourth-order valence-corrected chi connectivity index (χ4v) is 0.503. The highest BCUT2D eigenvalue weighted by molar-refractivity contribution is 5.20. The van der Waals surface area contributed by atoms with E-state index in [0.29, 0.717) is 0 Å². The molecule has 0 rings (SSSR count). The third-order valence-electron chi connectivity index (χ3n) is 0.981. The smallest absolute Gasteiger partial charge is 0.00277 e. The van der Waals surface area contributed by atoms with E-state index in [1.807, 2.05) is 38.4 Å². The molecular formula is C8H14N2. The predicted molar refractivity (Wildman–Crippen MR) is 45.3 cm³/mol. The van der Waals surface area contributed by atoms with E-state index in [1.54, 1.807) is 0 Å². The van der Waals surface area contributed by atoms with E-state index in [0.717, 1.165) is 5.57 Å². The minimum atomic E-state index is 1.13. The third-order valence-corrected chi connectivity index (χ3v) is 0.981. The highest BCUT2D eigenvalue weighted by Gasteiger charge is 1.73. The van der Waals surface area contributed by atoms with Crippen molar-refractivity contribution < 1.29 is 0 Å². The summed E-state index contributed by atoms with van der Waals surface area (Å²) in [6, 6.07) is 0. The first-order valence-electron chi connectivity index (χ1n) is 3.20. The first-order chi connectivity index (χ1) is 4.81. The van der Waals surface area contributed by atoms with E-state index >= 15 is 0 Å². The van der Waals surface area contributed by atoms with Crippen LogP contribution in [0.5, 0.6) is 0 Å². The van der Waals surface area contributed by atoms with Crippen LogP contribution in [0, 0.1) is 0 Å². The summed E-state index contributed by atoms with van der Waals surface area (Å²) in [5.74, 6) is 0. The Hall–Kier alpha value is -1.18. The standard InChI is InChI=1S/C8H14N2/c1-8(5-6-9)4-3-7-10-2/h3-7,10H,9H2,1-2H3/b6-5-,7-3-,8-4+. The van der Waals surface area contributed by atoms with Crippen LogP contribution in [0.4, 0.5) is 0 Å². The molecule has 0 spiro atoms. The van der Waals surface area contributed by atoms with E-state index in [1.165, 1.54) is 6.20 Å². The lowest BCUT2D eigenvalue weighted by Crippen LogP contribution is -1.89. The number of nitrogens with two attached hydrogens (primary N) is 1. The molecule has 0 aliphatic rings. The van der Waals surface area contributed by atoms with Gasteiger partial charge in [0.05, 0.1) is 0 Å². The van der Waals surface area contributed by atoms with Crippen molar-refractivity contribution in [3.05, 3.63) is 36.2 Å². The summed E-state index contributed by atoms with van der Waals surface area (Å²) >= 11 is 0. The number of hydrogen-bond acceptors (Lipinski definition) is 2. The van der Waals surface area contributed by atoms with Gasteiger partial charge in [0.25, 0.3) is 0 Å². The molecule has 56 valence electrons. The molecule has 2 nitrogen and oxygen atoms in total. The van der Waals surface area contributed by atoms with Crippen LogP contribution < -0.4 is 11.1 Å². The number of allylic oxidation sites excluding steroid dienone is 4. The van der Waals surface area contributed by atoms with Crippen LogP contribution in [-0.4, -0.2) is 7.05 Å². The molecule has 0 radical (unpaired) electrons. The van der Waals surface area contributed by atoms with Gasteiger partial charge in [0.2, 0.25) is 0 Å². The first kappa shape index (κ1) is 8.82. The molecule has 0 amide bonds. The average molecular weight is 138 g/mol. The molecule has 0 saturated carbocycles. The van der Waals surface area contributed by atoms with Crippen molar-refractivity contribution in [1.82, 2.24) is 5.32 Å². The number of nitrogens with one attached hydrogen (secondary N) is 1. The maximum absolute atomic E-state index is 5.17. The second-order valence-electron chi connectivity index (χ2n) is 1.92. The topological polar surface area (TPSA) is 38.0 Å². The van der Waals surface area contributed by atoms with Crippen LogP contribution in [0.2, 0.25) is 0 Å². The van der Waals surface area contributed by atoms with E-state index in [9.17, 15) is 0 Å². The van der Waals surface area contributed by atoms with Crippen LogP contribution in [0.1, 0.15) is 6.92 Å². The molecule has 3 N–H and O–H groups in total. The molecule has 10 heavy (non-hydrogen) atoms. The Morgan fingerprint density at radius 1 is 1.50 bits per heavy atom. The molecule has 0 heterocycles. The van der Waals surface area contributed by atoms with Crippen molar-refractivity contribution in [1.29, 1.82) is 0 Å². The zero-order valence-corrected chi connectivity index (χ0v) is 6.46. The molecule has 0 aliphatic heterocycles. The van der Waals surface area contributed by atoms with Gasteiger partial charge in [-0.3, -0.25) is 0 Å². The van der Waals surface area contributed by atoms with Gasteiger partial charge in [0, 0.05) is 7.05 Å². The van der Waals surface area contributed by atoms with Gasteiger partial charge in [-0.15, -0.1) is 0 Å². The Morgan fingerprint density at radius 3 is 2.70 bits per heavy atom. The van der Waals surface area contributed by atoms with Crippen LogP contribution in [0.15, 0.2) is 36.2 Å². The Morgan fingerprint density at radius 2 is 2.20 bits per heavy atom. The van der Waals surface area contributed by atoms with Gasteiger partial charge >= 0.3 is 0 Å². The van der Waals surface area contributed by atoms with Gasteiger partial charge in [-0.05, 0) is 37.0 Å². The fourth-order valence-electron chi connectivity index (χ4n) is 0.503. The maximum atomic E-state index is 5.17. The minimum Gasteiger partial charge on any atom is -0.405 e. The molecule has 0 aromatic carbocycles. The summed E-state index contributed by atoms with van der Waals surface area (Å²) < 4.78 is 0. The SMILES string of the molecule is CN\C=C/C=C(C)/C=C\N. The largest absolute Gasteiger partial charge is 0.405 e. The van der Waals surface area contributed by atoms with E-state index in [4.69, 9.17) is 5.73 Å². The van der Waals surface area contributed by atoms with Crippen molar-refractivity contribution in [3.8, 4) is 0 Å². The van der Waals surface area contributed by atoms with Gasteiger partial charge in [-0.2, -0.15) is 0 Å². The second kappa shape index (κ2) is 5.95. The molecule has 0 saturated heterocycles. The molecule has 0 unspecified atom stereocenters. The van der Waals surface area contributed by atoms with Crippen LogP contribution in [-0.2, 0) is 0 Å². The summed E-state index contributed by atoms with van der Waals surface area (Å²) in [5, 5.41) is 2.88. The van der Waals surface area contributed by atoms with Gasteiger partial charge < -0.3 is 11.1 Å². The summed E-state index contributed by atoms with van der Waals surface area (Å²) in [5.41, 5.74) is 6.31. The van der Waals surface area contributed by atoms with Crippen LogP contribution in [0.3, 0.4) is 0 Å². The van der Waals surface area contributed by atoms with Crippen molar-refractivity contribution in [2.45, 2.75) is 6.92 Å². The van der Waals surface area contributed by atoms with E-state index in [2.05, 4.69) is 5.32 Å². The van der Waals surface area contributed by atoms with Gasteiger partial charge in [0.1, 0.15) is 0 Å². The van der Waals surface area contributed by atoms with Crippen LogP contribution in [0.25, 0.3) is 0 Å². The van der Waals surface area contributed by atoms with E-state index in [-0.39, 0.29) is 0 Å². The summed E-state index contributed by atoms with van der Waals surface area (Å²) in [7, 11) is 1.86. The van der Waals surface area contributed by atoms with Crippen molar-refractivity contribution in [2.24, 2.45) is 5.73 Å². The average Bonchev–Trinajstić information content (AvgIpc) is 1.89. The fraction of sp³-hybridized carbons (Fsp3) is 0.250. The van der Waals surface area contributed by atoms with Crippen molar-refractivity contribution >= 4 is 0 Å². The maximum Gasteiger partial charge on any atom is 0.00277 e. The molecular weight excluding hydrogens is 124 g/mol. The predicted octanol–water partition coefficient (Wildman–Crippen LogP) is 1.14. The quantitative estimate of drug-likeness (QED) is 0.574. The molecule has 0 aromatic heterocycles. The normalized spacial score (nSPS) is 13.2. The minimum absolute atomic E-state index is 1.13. The Bertz CT molecular complexity index is 155. The highest BCUT2D eigenvalue weighted by Crippen LogP contribution is 1.92. The lowest BCUT2D eigenvalue weighted by Gasteiger charge is -1.86. The van der Waals surface area contributed by atoms with Gasteiger partial charge in [-0.25, -0.2) is 0 Å². The monoisotopic (exact) mass is 138 g/mol. The lowest BCUT2D eigenvalue weighted by molar-refractivity contribution is 1.10. The summed E-state index contributed by atoms with van der Waals surface area (Å²) in [4.78, 5) is 0. The molecule has 0 aliphatic carbocycles. The third kappa shape index (κ3) is 4.97. The van der Waals surface area contributed by atoms with Crippen LogP contribution >= 0.6 is 0 Å². The molecule has 0 bridgehead atoms. The zero-order valence-electron chi connectivity index (χ0n) is 6.46. The van der Waals surface area contributed by atoms with Crippen molar-refractivity contribution in [3.63, 3.8) is 0 Å². The Balaban J connectivity index is 3.79. The number of rotatable bonds is 3. The Kier molecular flexibility index (Phi) is 5.25. The Labute approximate surface area is 62.1 Å². The molecule has 2 heteroatoms. The van der Waals surface area contributed by atoms with Crippen molar-refractivity contribution in [2.75, 3.05) is 7.05 Å². The highest BCUT2D eigenvalue weighted by atomic mass is 14.8. The van der Waals surface area contributed by atoms with Gasteiger partial charge in [-0.1, -0.05) is 6.08 Å². The molecule has 0 aromatic rings.